The maximum atomic E-state index is 11.0. The van der Waals surface area contributed by atoms with Gasteiger partial charge in [-0.15, -0.1) is 0 Å². The monoisotopic (exact) mass is 336 g/mol. The van der Waals surface area contributed by atoms with Crippen LogP contribution in [0.5, 0.6) is 0 Å². The molecule has 1 saturated carbocycles. The van der Waals surface area contributed by atoms with Crippen LogP contribution in [0.1, 0.15) is 43.0 Å². The Balaban J connectivity index is 1.80. The van der Waals surface area contributed by atoms with Crippen LogP contribution in [0, 0.1) is 17.0 Å². The van der Waals surface area contributed by atoms with Crippen molar-refractivity contribution in [3.8, 4) is 0 Å². The molecule has 0 unspecified atom stereocenters. The van der Waals surface area contributed by atoms with Gasteiger partial charge in [-0.3, -0.25) is 10.1 Å². The highest BCUT2D eigenvalue weighted by molar-refractivity contribution is 6.32. The van der Waals surface area contributed by atoms with Gasteiger partial charge in [-0.1, -0.05) is 35.7 Å². The molecule has 0 radical (unpaired) electrons. The van der Waals surface area contributed by atoms with Gasteiger partial charge >= 0.3 is 0 Å². The summed E-state index contributed by atoms with van der Waals surface area (Å²) in [6, 6.07) is 4.84. The maximum absolute atomic E-state index is 11.0. The average Bonchev–Trinajstić information content (AvgIpc) is 3.16. The quantitative estimate of drug-likeness (QED) is 0.663. The highest BCUT2D eigenvalue weighted by atomic mass is 35.5. The Morgan fingerprint density at radius 3 is 2.78 bits per heavy atom. The summed E-state index contributed by atoms with van der Waals surface area (Å²) in [6.45, 7) is 2.24. The maximum Gasteiger partial charge on any atom is 0.288 e. The van der Waals surface area contributed by atoms with Gasteiger partial charge in [-0.05, 0) is 24.5 Å². The van der Waals surface area contributed by atoms with Crippen LogP contribution in [-0.4, -0.2) is 15.1 Å². The SMILES string of the molecule is Cc1nc(C2(NCc3ccc(Cl)c([N+](=O)[O-])c3)CCCC2)no1. The predicted molar refractivity (Wildman–Crippen MR) is 84.1 cm³/mol. The molecule has 0 bridgehead atoms. The molecule has 1 aromatic carbocycles. The third kappa shape index (κ3) is 3.20. The Bertz CT molecular complexity index is 725. The fourth-order valence-corrected chi connectivity index (χ4v) is 3.22. The number of nitro groups is 1. The number of aryl methyl sites for hydroxylation is 1. The first-order valence-electron chi connectivity index (χ1n) is 7.49. The van der Waals surface area contributed by atoms with E-state index < -0.39 is 4.92 Å². The molecule has 3 rings (SSSR count). The smallest absolute Gasteiger partial charge is 0.288 e. The van der Waals surface area contributed by atoms with Gasteiger partial charge in [0, 0.05) is 19.5 Å². The van der Waals surface area contributed by atoms with Crippen LogP contribution in [0.15, 0.2) is 22.7 Å². The summed E-state index contributed by atoms with van der Waals surface area (Å²) >= 11 is 5.85. The van der Waals surface area contributed by atoms with E-state index in [1.807, 2.05) is 0 Å². The van der Waals surface area contributed by atoms with Crippen molar-refractivity contribution in [3.05, 3.63) is 50.6 Å². The van der Waals surface area contributed by atoms with Crippen molar-refractivity contribution in [2.45, 2.75) is 44.7 Å². The number of hydrogen-bond acceptors (Lipinski definition) is 6. The molecule has 2 aromatic rings. The standard InChI is InChI=1S/C15H17ClN4O3/c1-10-18-14(19-23-10)15(6-2-3-7-15)17-9-11-4-5-12(16)13(8-11)20(21)22/h4-5,8,17H,2-3,6-7,9H2,1H3. The Morgan fingerprint density at radius 2 is 2.17 bits per heavy atom. The first-order chi connectivity index (χ1) is 11.0. The van der Waals surface area contributed by atoms with Crippen LogP contribution in [0.2, 0.25) is 5.02 Å². The lowest BCUT2D eigenvalue weighted by atomic mass is 9.96. The molecule has 8 heteroatoms. The highest BCUT2D eigenvalue weighted by Crippen LogP contribution is 2.37. The summed E-state index contributed by atoms with van der Waals surface area (Å²) in [5.41, 5.74) is 0.390. The zero-order chi connectivity index (χ0) is 16.4. The minimum atomic E-state index is -0.473. The van der Waals surface area contributed by atoms with E-state index in [4.69, 9.17) is 16.1 Å². The topological polar surface area (TPSA) is 94.1 Å². The summed E-state index contributed by atoms with van der Waals surface area (Å²) in [7, 11) is 0. The summed E-state index contributed by atoms with van der Waals surface area (Å²) in [5.74, 6) is 1.20. The molecule has 7 nitrogen and oxygen atoms in total. The van der Waals surface area contributed by atoms with Crippen LogP contribution in [0.25, 0.3) is 0 Å². The molecule has 23 heavy (non-hydrogen) atoms. The average molecular weight is 337 g/mol. The number of halogens is 1. The van der Waals surface area contributed by atoms with E-state index >= 15 is 0 Å². The lowest BCUT2D eigenvalue weighted by molar-refractivity contribution is -0.384. The van der Waals surface area contributed by atoms with Crippen LogP contribution in [0.3, 0.4) is 0 Å². The van der Waals surface area contributed by atoms with Crippen molar-refractivity contribution in [2.75, 3.05) is 0 Å². The Labute approximate surface area is 138 Å². The molecular weight excluding hydrogens is 320 g/mol. The Morgan fingerprint density at radius 1 is 1.43 bits per heavy atom. The van der Waals surface area contributed by atoms with Crippen molar-refractivity contribution in [3.63, 3.8) is 0 Å². The number of nitro benzene ring substituents is 1. The lowest BCUT2D eigenvalue weighted by Gasteiger charge is -2.27. The van der Waals surface area contributed by atoms with E-state index in [1.54, 1.807) is 19.1 Å². The lowest BCUT2D eigenvalue weighted by Crippen LogP contribution is -2.40. The molecule has 1 aromatic heterocycles. The third-order valence-electron chi connectivity index (χ3n) is 4.25. The number of benzene rings is 1. The Hall–Kier alpha value is -1.99. The molecule has 0 spiro atoms. The van der Waals surface area contributed by atoms with Gasteiger partial charge in [0.25, 0.3) is 5.69 Å². The van der Waals surface area contributed by atoms with E-state index in [1.165, 1.54) is 6.07 Å². The summed E-state index contributed by atoms with van der Waals surface area (Å²) in [5, 5.41) is 18.7. The molecule has 1 N–H and O–H groups in total. The fraction of sp³-hybridized carbons (Fsp3) is 0.467. The first kappa shape index (κ1) is 15.9. The minimum absolute atomic E-state index is 0.0816. The molecule has 0 amide bonds. The van der Waals surface area contributed by atoms with Gasteiger partial charge in [0.05, 0.1) is 10.5 Å². The van der Waals surface area contributed by atoms with Gasteiger partial charge in [0.2, 0.25) is 5.89 Å². The second kappa shape index (κ2) is 6.25. The van der Waals surface area contributed by atoms with E-state index in [0.29, 0.717) is 18.3 Å². The highest BCUT2D eigenvalue weighted by Gasteiger charge is 2.39. The summed E-state index contributed by atoms with van der Waals surface area (Å²) in [6.07, 6.45) is 4.01. The number of aromatic nitrogens is 2. The van der Waals surface area contributed by atoms with Gasteiger partial charge in [0.1, 0.15) is 5.02 Å². The molecule has 1 aliphatic rings. The Kier molecular flexibility index (Phi) is 4.32. The molecular formula is C15H17ClN4O3. The third-order valence-corrected chi connectivity index (χ3v) is 4.57. The second-order valence-corrected chi connectivity index (χ2v) is 6.23. The van der Waals surface area contributed by atoms with Crippen molar-refractivity contribution < 1.29 is 9.45 Å². The molecule has 0 saturated heterocycles. The van der Waals surface area contributed by atoms with Crippen molar-refractivity contribution >= 4 is 17.3 Å². The van der Waals surface area contributed by atoms with Crippen LogP contribution >= 0.6 is 11.6 Å². The number of nitrogens with one attached hydrogen (secondary N) is 1. The normalized spacial score (nSPS) is 16.6. The summed E-state index contributed by atoms with van der Waals surface area (Å²) < 4.78 is 5.11. The van der Waals surface area contributed by atoms with Gasteiger partial charge in [0.15, 0.2) is 5.82 Å². The predicted octanol–water partition coefficient (Wildman–Crippen LogP) is 3.50. The van der Waals surface area contributed by atoms with Crippen LogP contribution in [0.4, 0.5) is 5.69 Å². The van der Waals surface area contributed by atoms with E-state index in [9.17, 15) is 10.1 Å². The first-order valence-corrected chi connectivity index (χ1v) is 7.87. The van der Waals surface area contributed by atoms with Crippen molar-refractivity contribution in [1.29, 1.82) is 0 Å². The number of nitrogens with zero attached hydrogens (tertiary/aromatic N) is 3. The zero-order valence-electron chi connectivity index (χ0n) is 12.7. The molecule has 1 aliphatic carbocycles. The molecule has 122 valence electrons. The zero-order valence-corrected chi connectivity index (χ0v) is 13.5. The second-order valence-electron chi connectivity index (χ2n) is 5.82. The van der Waals surface area contributed by atoms with E-state index in [2.05, 4.69) is 15.5 Å². The molecule has 1 fully saturated rings. The number of hydrogen-bond donors (Lipinski definition) is 1. The van der Waals surface area contributed by atoms with Crippen molar-refractivity contribution in [1.82, 2.24) is 15.5 Å². The van der Waals surface area contributed by atoms with Crippen molar-refractivity contribution in [2.24, 2.45) is 0 Å². The van der Waals surface area contributed by atoms with Crippen LogP contribution in [-0.2, 0) is 12.1 Å². The largest absolute Gasteiger partial charge is 0.340 e. The fourth-order valence-electron chi connectivity index (χ4n) is 3.03. The molecule has 1 heterocycles. The molecule has 0 atom stereocenters. The van der Waals surface area contributed by atoms with Crippen LogP contribution < -0.4 is 5.32 Å². The molecule has 0 aliphatic heterocycles. The number of rotatable bonds is 5. The minimum Gasteiger partial charge on any atom is -0.340 e. The summed E-state index contributed by atoms with van der Waals surface area (Å²) in [4.78, 5) is 14.9. The van der Waals surface area contributed by atoms with Gasteiger partial charge in [-0.2, -0.15) is 4.98 Å². The van der Waals surface area contributed by atoms with Gasteiger partial charge in [-0.25, -0.2) is 0 Å². The van der Waals surface area contributed by atoms with E-state index in [0.717, 1.165) is 31.2 Å². The van der Waals surface area contributed by atoms with Gasteiger partial charge < -0.3 is 9.84 Å². The van der Waals surface area contributed by atoms with E-state index in [-0.39, 0.29) is 16.2 Å².